The zero-order chi connectivity index (χ0) is 9.97. The smallest absolute Gasteiger partial charge is 0.0667 e. The highest BCUT2D eigenvalue weighted by atomic mass is 16.3. The first kappa shape index (κ1) is 10.4. The molecule has 2 heteroatoms. The van der Waals surface area contributed by atoms with Crippen LogP contribution in [0, 0.1) is 5.92 Å². The molecule has 82 valence electrons. The van der Waals surface area contributed by atoms with Crippen LogP contribution in [0.2, 0.25) is 0 Å². The van der Waals surface area contributed by atoms with E-state index in [9.17, 15) is 5.11 Å². The summed E-state index contributed by atoms with van der Waals surface area (Å²) in [6, 6.07) is 0.772. The minimum Gasteiger partial charge on any atom is -0.392 e. The summed E-state index contributed by atoms with van der Waals surface area (Å²) in [5.74, 6) is 0.896. The summed E-state index contributed by atoms with van der Waals surface area (Å²) in [5, 5.41) is 9.63. The van der Waals surface area contributed by atoms with Gasteiger partial charge in [0.2, 0.25) is 0 Å². The van der Waals surface area contributed by atoms with Crippen LogP contribution < -0.4 is 0 Å². The molecule has 2 aliphatic rings. The second-order valence-electron chi connectivity index (χ2n) is 5.22. The van der Waals surface area contributed by atoms with E-state index in [1.54, 1.807) is 0 Å². The van der Waals surface area contributed by atoms with Crippen LogP contribution in [-0.4, -0.2) is 35.2 Å². The molecule has 0 aromatic rings. The quantitative estimate of drug-likeness (QED) is 0.695. The third kappa shape index (κ3) is 2.48. The number of rotatable bonds is 1. The van der Waals surface area contributed by atoms with Crippen molar-refractivity contribution in [3.05, 3.63) is 0 Å². The van der Waals surface area contributed by atoms with Gasteiger partial charge < -0.3 is 5.11 Å². The highest BCUT2D eigenvalue weighted by molar-refractivity contribution is 4.82. The fraction of sp³-hybridized carbons (Fsp3) is 1.00. The molecule has 0 aromatic heterocycles. The molecule has 2 rings (SSSR count). The molecular weight excluding hydrogens is 174 g/mol. The van der Waals surface area contributed by atoms with Crippen molar-refractivity contribution >= 4 is 0 Å². The minimum atomic E-state index is -0.0546. The van der Waals surface area contributed by atoms with Crippen molar-refractivity contribution in [3.63, 3.8) is 0 Å². The van der Waals surface area contributed by atoms with E-state index in [4.69, 9.17) is 0 Å². The summed E-state index contributed by atoms with van der Waals surface area (Å²) in [6.45, 7) is 4.51. The number of aliphatic hydroxyl groups excluding tert-OH is 1. The Kier molecular flexibility index (Phi) is 3.45. The van der Waals surface area contributed by atoms with Gasteiger partial charge in [0, 0.05) is 12.6 Å². The standard InChI is InChI=1S/C12H23NO/c1-10-4-2-5-11(8-10)13-7-3-6-12(14)9-13/h10-12,14H,2-9H2,1H3/t10-,11+,12-/m1/s1. The van der Waals surface area contributed by atoms with Gasteiger partial charge in [-0.3, -0.25) is 4.90 Å². The highest BCUT2D eigenvalue weighted by Crippen LogP contribution is 2.28. The van der Waals surface area contributed by atoms with E-state index in [0.717, 1.165) is 24.9 Å². The maximum absolute atomic E-state index is 9.63. The Morgan fingerprint density at radius 2 is 2.00 bits per heavy atom. The minimum absolute atomic E-state index is 0.0546. The maximum atomic E-state index is 9.63. The Morgan fingerprint density at radius 3 is 2.71 bits per heavy atom. The van der Waals surface area contributed by atoms with Gasteiger partial charge in [-0.25, -0.2) is 0 Å². The summed E-state index contributed by atoms with van der Waals surface area (Å²) < 4.78 is 0. The lowest BCUT2D eigenvalue weighted by Crippen LogP contribution is -2.46. The zero-order valence-corrected chi connectivity index (χ0v) is 9.28. The number of β-amino-alcohol motifs (C(OH)–C–C–N with tert-alkyl or cyclic N) is 1. The van der Waals surface area contributed by atoms with Gasteiger partial charge in [-0.1, -0.05) is 19.8 Å². The molecule has 0 amide bonds. The summed E-state index contributed by atoms with van der Waals surface area (Å²) >= 11 is 0. The largest absolute Gasteiger partial charge is 0.392 e. The Labute approximate surface area is 87.3 Å². The van der Waals surface area contributed by atoms with Crippen LogP contribution in [0.1, 0.15) is 45.4 Å². The molecule has 3 atom stereocenters. The van der Waals surface area contributed by atoms with E-state index in [1.807, 2.05) is 0 Å². The zero-order valence-electron chi connectivity index (χ0n) is 9.28. The number of hydrogen-bond donors (Lipinski definition) is 1. The summed E-state index contributed by atoms with van der Waals surface area (Å²) in [4.78, 5) is 2.53. The number of hydrogen-bond acceptors (Lipinski definition) is 2. The fourth-order valence-corrected chi connectivity index (χ4v) is 3.05. The van der Waals surface area contributed by atoms with Crippen LogP contribution in [0.3, 0.4) is 0 Å². The van der Waals surface area contributed by atoms with Crippen molar-refractivity contribution in [2.75, 3.05) is 13.1 Å². The Hall–Kier alpha value is -0.0800. The second-order valence-corrected chi connectivity index (χ2v) is 5.22. The van der Waals surface area contributed by atoms with Crippen molar-refractivity contribution < 1.29 is 5.11 Å². The lowest BCUT2D eigenvalue weighted by Gasteiger charge is -2.40. The van der Waals surface area contributed by atoms with Crippen molar-refractivity contribution in [1.82, 2.24) is 4.90 Å². The van der Waals surface area contributed by atoms with E-state index in [0.29, 0.717) is 0 Å². The first-order valence-electron chi connectivity index (χ1n) is 6.18. The monoisotopic (exact) mass is 197 g/mol. The van der Waals surface area contributed by atoms with E-state index >= 15 is 0 Å². The normalized spacial score (nSPS) is 41.1. The number of likely N-dealkylation sites (tertiary alicyclic amines) is 1. The summed E-state index contributed by atoms with van der Waals surface area (Å²) in [5.41, 5.74) is 0. The van der Waals surface area contributed by atoms with Gasteiger partial charge in [-0.2, -0.15) is 0 Å². The van der Waals surface area contributed by atoms with E-state index < -0.39 is 0 Å². The topological polar surface area (TPSA) is 23.5 Å². The molecule has 2 fully saturated rings. The predicted molar refractivity (Wildman–Crippen MR) is 58.2 cm³/mol. The average Bonchev–Trinajstić information content (AvgIpc) is 2.18. The molecule has 1 saturated carbocycles. The number of nitrogens with zero attached hydrogens (tertiary/aromatic N) is 1. The molecule has 0 bridgehead atoms. The van der Waals surface area contributed by atoms with Gasteiger partial charge in [-0.15, -0.1) is 0 Å². The van der Waals surface area contributed by atoms with Gasteiger partial charge >= 0.3 is 0 Å². The third-order valence-corrected chi connectivity index (χ3v) is 3.85. The summed E-state index contributed by atoms with van der Waals surface area (Å²) in [7, 11) is 0. The Bertz CT molecular complexity index is 163. The second kappa shape index (κ2) is 4.63. The van der Waals surface area contributed by atoms with Crippen molar-refractivity contribution in [3.8, 4) is 0 Å². The van der Waals surface area contributed by atoms with Gasteiger partial charge in [0.15, 0.2) is 0 Å². The molecule has 1 N–H and O–H groups in total. The molecule has 1 saturated heterocycles. The average molecular weight is 197 g/mol. The summed E-state index contributed by atoms with van der Waals surface area (Å²) in [6.07, 6.45) is 7.65. The van der Waals surface area contributed by atoms with Crippen LogP contribution in [0.5, 0.6) is 0 Å². The van der Waals surface area contributed by atoms with Crippen LogP contribution in [0.25, 0.3) is 0 Å². The molecule has 0 radical (unpaired) electrons. The van der Waals surface area contributed by atoms with E-state index in [1.165, 1.54) is 38.6 Å². The van der Waals surface area contributed by atoms with Crippen molar-refractivity contribution in [2.45, 2.75) is 57.6 Å². The van der Waals surface area contributed by atoms with Gasteiger partial charge in [0.05, 0.1) is 6.10 Å². The predicted octanol–water partition coefficient (Wildman–Crippen LogP) is 2.02. The molecule has 1 heterocycles. The fourth-order valence-electron chi connectivity index (χ4n) is 3.05. The van der Waals surface area contributed by atoms with Crippen LogP contribution in [0.15, 0.2) is 0 Å². The molecule has 0 aromatic carbocycles. The SMILES string of the molecule is C[C@@H]1CCC[C@H](N2CCC[C@@H](O)C2)C1. The van der Waals surface area contributed by atoms with E-state index in [2.05, 4.69) is 11.8 Å². The first-order valence-corrected chi connectivity index (χ1v) is 6.18. The van der Waals surface area contributed by atoms with Crippen LogP contribution >= 0.6 is 0 Å². The first-order chi connectivity index (χ1) is 6.75. The van der Waals surface area contributed by atoms with Crippen LogP contribution in [-0.2, 0) is 0 Å². The Morgan fingerprint density at radius 1 is 1.14 bits per heavy atom. The van der Waals surface area contributed by atoms with Gasteiger partial charge in [-0.05, 0) is 38.1 Å². The van der Waals surface area contributed by atoms with Crippen molar-refractivity contribution in [1.29, 1.82) is 0 Å². The van der Waals surface area contributed by atoms with E-state index in [-0.39, 0.29) is 6.10 Å². The van der Waals surface area contributed by atoms with Gasteiger partial charge in [0.1, 0.15) is 0 Å². The van der Waals surface area contributed by atoms with Crippen LogP contribution in [0.4, 0.5) is 0 Å². The number of piperidine rings is 1. The third-order valence-electron chi connectivity index (χ3n) is 3.85. The Balaban J connectivity index is 1.86. The highest BCUT2D eigenvalue weighted by Gasteiger charge is 2.27. The molecule has 1 aliphatic heterocycles. The molecule has 2 nitrogen and oxygen atoms in total. The molecule has 0 unspecified atom stereocenters. The molecule has 14 heavy (non-hydrogen) atoms. The lowest BCUT2D eigenvalue weighted by atomic mass is 9.85. The van der Waals surface area contributed by atoms with Gasteiger partial charge in [0.25, 0.3) is 0 Å². The molecular formula is C12H23NO. The molecule has 1 aliphatic carbocycles. The maximum Gasteiger partial charge on any atom is 0.0667 e. The molecule has 0 spiro atoms. The lowest BCUT2D eigenvalue weighted by molar-refractivity contribution is 0.0300. The number of aliphatic hydroxyl groups is 1. The van der Waals surface area contributed by atoms with Crippen molar-refractivity contribution in [2.24, 2.45) is 5.92 Å².